The summed E-state index contributed by atoms with van der Waals surface area (Å²) < 4.78 is 123. The molecule has 5 fully saturated rings. The number of esters is 2. The van der Waals surface area contributed by atoms with Crippen molar-refractivity contribution in [1.29, 1.82) is 0 Å². The van der Waals surface area contributed by atoms with Gasteiger partial charge in [-0.3, -0.25) is 9.93 Å². The van der Waals surface area contributed by atoms with Gasteiger partial charge in [-0.2, -0.15) is 4.40 Å². The summed E-state index contributed by atoms with van der Waals surface area (Å²) in [4.78, 5) is 39.2. The topological polar surface area (TPSA) is 309 Å². The fourth-order valence-electron chi connectivity index (χ4n) is 21.8. The van der Waals surface area contributed by atoms with Crippen LogP contribution in [-0.4, -0.2) is 165 Å². The number of nitrogens with two attached hydrogens (primary N) is 2. The summed E-state index contributed by atoms with van der Waals surface area (Å²) in [6.07, 6.45) is 30.9. The molecule has 0 saturated heterocycles. The number of carbonyl (C=O) groups excluding carboxylic acids is 3. The summed E-state index contributed by atoms with van der Waals surface area (Å²) in [6, 6.07) is 31.1. The summed E-state index contributed by atoms with van der Waals surface area (Å²) in [5.41, 5.74) is 15.3. The van der Waals surface area contributed by atoms with Crippen molar-refractivity contribution in [1.82, 2.24) is 9.44 Å². The Labute approximate surface area is 957 Å². The summed E-state index contributed by atoms with van der Waals surface area (Å²) in [7, 11) is 3.72. The third-order valence-corrected chi connectivity index (χ3v) is 38.1. The Morgan fingerprint density at radius 2 is 0.741 bits per heavy atom. The van der Waals surface area contributed by atoms with E-state index in [4.69, 9.17) is 53.2 Å². The Morgan fingerprint density at radius 1 is 0.429 bits per heavy atom. The molecule has 23 nitrogen and oxygen atoms in total. The van der Waals surface area contributed by atoms with Crippen LogP contribution in [-0.2, 0) is 154 Å². The largest absolute Gasteiger partial charge is 1.00 e. The number of nitrogens with zero attached hydrogens (tertiary/aromatic N) is 1. The third kappa shape index (κ3) is 32.8. The van der Waals surface area contributed by atoms with Crippen LogP contribution in [0.25, 0.3) is 0 Å². The first-order valence-corrected chi connectivity index (χ1v) is 59.5. The summed E-state index contributed by atoms with van der Waals surface area (Å²) in [6.45, 7) is 51.9. The Bertz CT molecular complexity index is 5120. The average molecular weight is 2420 g/mol. The van der Waals surface area contributed by atoms with Crippen LogP contribution >= 0.6 is 79.6 Å². The van der Waals surface area contributed by atoms with Crippen molar-refractivity contribution in [2.24, 2.45) is 42.3 Å². The van der Waals surface area contributed by atoms with Gasteiger partial charge in [0.2, 0.25) is 0 Å². The number of Topliss-reactive ketones (excluding diaryl/α,β-unsaturated/α-hetero) is 1. The monoisotopic (exact) mass is 2420 g/mol. The Hall–Kier alpha value is -3.63. The van der Waals surface area contributed by atoms with Gasteiger partial charge in [0.15, 0.2) is 11.3 Å². The van der Waals surface area contributed by atoms with Gasteiger partial charge in [0.1, 0.15) is 27.8 Å². The maximum atomic E-state index is 13.7. The molecule has 6 N–H and O–H groups in total. The SMILES string of the molecule is C=C(OCC)C1(NS(=O)C(C)(C)C)c2cc(Br)ccc2CC12CCC(OC)CC2.C=COCC.C=[C-]OCC.C=[C-]OCC.CC(C)(C)S(N)=O.CCOC(=O)C1(N)c2cc(Br)ccc2CC12CCC(OC)CC2.CCOC(=O)C1(NS(=O)C(C)(C)C)c2cc(Br)ccc2CC12CCC(OC)CC2.COC1CCC2(CC1)Cc1ccc(Br)cc1C2=NS(=O)C(C)(C)C.COC1CCC2(CC1)Cc1ccc(Br)cc1C2=O.[Li+].[Li+]. The smallest absolute Gasteiger partial charge is 0.694 e. The number of fused-ring (bicyclic) bond motifs is 5. The van der Waals surface area contributed by atoms with Crippen molar-refractivity contribution < 1.29 is 121 Å². The van der Waals surface area contributed by atoms with Gasteiger partial charge in [0.05, 0.1) is 121 Å². The maximum Gasteiger partial charge on any atom is 1.00 e. The van der Waals surface area contributed by atoms with Crippen LogP contribution in [0.5, 0.6) is 0 Å². The fraction of sp³-hybridized carbons (Fsp3) is 0.628. The molecule has 7 unspecified atom stereocenters. The first kappa shape index (κ1) is 134. The molecule has 0 aliphatic heterocycles. The molecule has 7 atom stereocenters. The number of benzene rings is 5. The van der Waals surface area contributed by atoms with E-state index in [1.807, 2.05) is 161 Å². The molecule has 812 valence electrons. The van der Waals surface area contributed by atoms with Gasteiger partial charge in [-0.15, -0.1) is 0 Å². The minimum atomic E-state index is -1.44. The van der Waals surface area contributed by atoms with Gasteiger partial charge in [-0.05, 0) is 390 Å². The van der Waals surface area contributed by atoms with E-state index in [2.05, 4.69) is 197 Å². The molecule has 34 heteroatoms. The predicted octanol–water partition coefficient (Wildman–Crippen LogP) is 19.2. The fourth-order valence-corrected chi connectivity index (χ4v) is 26.3. The summed E-state index contributed by atoms with van der Waals surface area (Å²) in [5, 5.41) is 5.04. The van der Waals surface area contributed by atoms with Crippen LogP contribution in [0.4, 0.5) is 0 Å². The van der Waals surface area contributed by atoms with Gasteiger partial charge in [-0.1, -0.05) is 123 Å². The molecule has 0 amide bonds. The molecular weight excluding hydrogens is 2260 g/mol. The van der Waals surface area contributed by atoms with Crippen molar-refractivity contribution in [3.05, 3.63) is 220 Å². The van der Waals surface area contributed by atoms with Gasteiger partial charge in [-0.25, -0.2) is 49.0 Å². The van der Waals surface area contributed by atoms with E-state index in [9.17, 15) is 31.2 Å². The van der Waals surface area contributed by atoms with Gasteiger partial charge >= 0.3 is 49.7 Å². The first-order chi connectivity index (χ1) is 68.2. The number of hydrogen-bond donors (Lipinski definition) is 4. The van der Waals surface area contributed by atoms with Gasteiger partial charge < -0.3 is 70.4 Å². The Kier molecular flexibility index (Phi) is 54.3. The van der Waals surface area contributed by atoms with E-state index in [1.54, 1.807) is 35.5 Å². The third-order valence-electron chi connectivity index (χ3n) is 29.9. The van der Waals surface area contributed by atoms with E-state index in [1.165, 1.54) is 34.1 Å². The number of nitrogens with one attached hydrogen (secondary N) is 2. The summed E-state index contributed by atoms with van der Waals surface area (Å²) >= 11 is 17.8. The molecule has 5 aromatic rings. The van der Waals surface area contributed by atoms with Crippen LogP contribution in [0.15, 0.2) is 156 Å². The maximum absolute atomic E-state index is 13.7. The molecular formula is C113H166Br5Li2N5O18S4. The van der Waals surface area contributed by atoms with Crippen LogP contribution < -0.4 is 58.0 Å². The zero-order valence-electron chi connectivity index (χ0n) is 92.3. The number of rotatable bonds is 23. The molecule has 0 heterocycles. The predicted molar refractivity (Wildman–Crippen MR) is 607 cm³/mol. The average Bonchev–Trinajstić information content (AvgIpc) is 1.54. The zero-order chi connectivity index (χ0) is 108. The molecule has 10 aliphatic rings. The van der Waals surface area contributed by atoms with Crippen molar-refractivity contribution in [2.75, 3.05) is 75.2 Å². The molecule has 5 aromatic carbocycles. The van der Waals surface area contributed by atoms with Crippen LogP contribution in [0, 0.1) is 39.6 Å². The number of hydrogen-bond acceptors (Lipinski definition) is 19. The first-order valence-electron chi connectivity index (χ1n) is 50.9. The van der Waals surface area contributed by atoms with E-state index in [0.29, 0.717) is 50.2 Å². The molecule has 5 spiro atoms. The quantitative estimate of drug-likeness (QED) is 0.0204. The Balaban J connectivity index is 0.000000307. The van der Waals surface area contributed by atoms with Crippen LogP contribution in [0.1, 0.15) is 313 Å². The number of halogens is 5. The second-order valence-electron chi connectivity index (χ2n) is 42.9. The molecule has 15 rings (SSSR count). The normalized spacial score (nSPS) is 27.2. The molecule has 10 aliphatic carbocycles. The molecule has 0 radical (unpaired) electrons. The number of methoxy groups -OCH3 is 5. The van der Waals surface area contributed by atoms with Crippen molar-refractivity contribution >= 4 is 147 Å². The van der Waals surface area contributed by atoms with Crippen LogP contribution in [0.3, 0.4) is 0 Å². The number of ketones is 1. The zero-order valence-corrected chi connectivity index (χ0v) is 104. The molecule has 147 heavy (non-hydrogen) atoms. The van der Waals surface area contributed by atoms with E-state index in [0.717, 1.165) is 223 Å². The second-order valence-corrected chi connectivity index (χ2v) is 55.1. The summed E-state index contributed by atoms with van der Waals surface area (Å²) in [5.74, 6) is 0.400. The Morgan fingerprint density at radius 3 is 1.08 bits per heavy atom. The standard InChI is InChI=1S/C23H34BrNO3S.C22H32BrNO4S.C19H26BrNO2S.C18H24BrNO3.C15H17BrO2.C4H11NOS.C4H8O.2C4H7O.2Li/c1-7-28-16(2)23(25-29(26)21(3,4)5)20-14-18(24)9-8-17(20)15-22(23)12-10-19(27-6)11-13-22;1-6-28-19(25)22(24-29(26)20(2,3)4)18-13-16(23)8-7-15(18)14-21(22)11-9-17(27-5)10-12-21;1-18(2,3)24(22)21-17-16-11-14(20)6-5-13(16)12-19(17)9-7-15(23-4)8-10-19;1-3-23-16(21)18(20)15-10-13(19)5-4-12(15)11-17(18)8-6-14(22-2)7-9-17;1-18-12-4-6-15(7-5-12)9-10-2-3-11(16)8-13(10)14(15)17;1-4(2,3)7(5)6;3*1-3-5-4-2;;/h8-9,14,19,25H,2,7,10-13,15H2,1,3-6H3;7-8,13,17,24H,6,9-12,14H2,1-5H3;5-6,11,15H,7-10,12H2,1-4H3;4-5,10,14H,3,6-9,11,20H2,1-2H3;2-3,8,12H,4-7,9H2,1H3;5H2,1-3H3;3H,1,4H2,2H3;2*1,4H2,2H3;;/q;;;;;;;2*-1;2*+1. The second kappa shape index (κ2) is 59.7. The van der Waals surface area contributed by atoms with Crippen molar-refractivity contribution in [3.63, 3.8) is 0 Å². The van der Waals surface area contributed by atoms with Crippen LogP contribution in [0.2, 0.25) is 0 Å². The van der Waals surface area contributed by atoms with E-state index in [-0.39, 0.29) is 106 Å². The molecule has 5 saturated carbocycles. The minimum Gasteiger partial charge on any atom is -0.694 e. The minimum absolute atomic E-state index is 0. The van der Waals surface area contributed by atoms with Crippen molar-refractivity contribution in [3.8, 4) is 0 Å². The van der Waals surface area contributed by atoms with E-state index < -0.39 is 75.5 Å². The van der Waals surface area contributed by atoms with E-state index >= 15 is 0 Å². The number of ether oxygens (including phenoxy) is 11. The molecule has 0 bridgehead atoms. The molecule has 0 aromatic heterocycles. The van der Waals surface area contributed by atoms with Gasteiger partial charge in [0, 0.05) is 109 Å². The van der Waals surface area contributed by atoms with Crippen molar-refractivity contribution in [2.45, 2.75) is 351 Å². The van der Waals surface area contributed by atoms with Gasteiger partial charge in [0.25, 0.3) is 0 Å². The number of carbonyl (C=O) groups is 3.